The van der Waals surface area contributed by atoms with Gasteiger partial charge in [0.15, 0.2) is 5.96 Å². The molecule has 1 saturated heterocycles. The number of nitrogens with one attached hydrogen (secondary N) is 2. The van der Waals surface area contributed by atoms with Crippen molar-refractivity contribution in [3.63, 3.8) is 0 Å². The Hall–Kier alpha value is -1.80. The van der Waals surface area contributed by atoms with Crippen LogP contribution >= 0.6 is 24.0 Å². The van der Waals surface area contributed by atoms with E-state index < -0.39 is 0 Å². The van der Waals surface area contributed by atoms with Gasteiger partial charge in [0.05, 0.1) is 0 Å². The third-order valence-corrected chi connectivity index (χ3v) is 5.32. The minimum absolute atomic E-state index is 0. The molecule has 2 aromatic rings. The summed E-state index contributed by atoms with van der Waals surface area (Å²) in [7, 11) is 1.84. The highest BCUT2D eigenvalue weighted by Crippen LogP contribution is 2.14. The number of ether oxygens (including phenoxy) is 1. The van der Waals surface area contributed by atoms with Gasteiger partial charge in [0.2, 0.25) is 0 Å². The number of nitrogens with zero attached hydrogens (tertiary/aromatic N) is 2. The maximum atomic E-state index is 5.86. The predicted molar refractivity (Wildman–Crippen MR) is 136 cm³/mol. The lowest BCUT2D eigenvalue weighted by Crippen LogP contribution is -2.48. The number of aliphatic imine (C=N–C) groups is 1. The molecule has 3 rings (SSSR count). The van der Waals surface area contributed by atoms with Gasteiger partial charge in [-0.3, -0.25) is 4.99 Å². The molecule has 164 valence electrons. The third-order valence-electron chi connectivity index (χ3n) is 5.32. The molecule has 2 aromatic carbocycles. The summed E-state index contributed by atoms with van der Waals surface area (Å²) >= 11 is 0. The summed E-state index contributed by atoms with van der Waals surface area (Å²) in [4.78, 5) is 6.94. The summed E-state index contributed by atoms with van der Waals surface area (Å²) in [6.45, 7) is 7.14. The molecule has 0 spiro atoms. The normalized spacial score (nSPS) is 15.3. The number of guanidine groups is 1. The van der Waals surface area contributed by atoms with Gasteiger partial charge in [-0.2, -0.15) is 0 Å². The number of hydrogen-bond acceptors (Lipinski definition) is 3. The van der Waals surface area contributed by atoms with Crippen molar-refractivity contribution in [3.8, 4) is 5.75 Å². The average Bonchev–Trinajstić information content (AvgIpc) is 2.78. The molecular weight excluding hydrogens is 487 g/mol. The summed E-state index contributed by atoms with van der Waals surface area (Å²) in [5.74, 6) is 1.77. The van der Waals surface area contributed by atoms with Gasteiger partial charge in [0.1, 0.15) is 12.4 Å². The molecule has 0 radical (unpaired) electrons. The quantitative estimate of drug-likeness (QED) is 0.306. The fraction of sp³-hybridized carbons (Fsp3) is 0.458. The van der Waals surface area contributed by atoms with Crippen molar-refractivity contribution in [1.29, 1.82) is 0 Å². The Bertz CT molecular complexity index is 744. The molecule has 0 bridgehead atoms. The Morgan fingerprint density at radius 3 is 2.37 bits per heavy atom. The van der Waals surface area contributed by atoms with Crippen molar-refractivity contribution in [2.75, 3.05) is 26.7 Å². The van der Waals surface area contributed by atoms with Crippen LogP contribution in [0.5, 0.6) is 5.75 Å². The lowest BCUT2D eigenvalue weighted by Gasteiger charge is -2.32. The number of likely N-dealkylation sites (tertiary alicyclic amines) is 1. The molecule has 0 aromatic heterocycles. The van der Waals surface area contributed by atoms with Gasteiger partial charge >= 0.3 is 0 Å². The van der Waals surface area contributed by atoms with Crippen molar-refractivity contribution >= 4 is 29.9 Å². The van der Waals surface area contributed by atoms with Crippen molar-refractivity contribution in [1.82, 2.24) is 15.5 Å². The van der Waals surface area contributed by atoms with Crippen molar-refractivity contribution in [2.24, 2.45) is 4.99 Å². The maximum Gasteiger partial charge on any atom is 0.191 e. The Morgan fingerprint density at radius 2 is 1.73 bits per heavy atom. The third kappa shape index (κ3) is 8.14. The summed E-state index contributed by atoms with van der Waals surface area (Å²) < 4.78 is 5.86. The smallest absolute Gasteiger partial charge is 0.191 e. The molecule has 0 amide bonds. The molecule has 1 aliphatic heterocycles. The van der Waals surface area contributed by atoms with Crippen LogP contribution in [0.2, 0.25) is 0 Å². The fourth-order valence-corrected chi connectivity index (χ4v) is 3.64. The lowest BCUT2D eigenvalue weighted by molar-refractivity contribution is 0.206. The van der Waals surface area contributed by atoms with E-state index in [2.05, 4.69) is 51.7 Å². The Kier molecular flexibility index (Phi) is 11.0. The highest BCUT2D eigenvalue weighted by molar-refractivity contribution is 14.0. The van der Waals surface area contributed by atoms with Crippen LogP contribution in [-0.4, -0.2) is 43.6 Å². The topological polar surface area (TPSA) is 48.9 Å². The van der Waals surface area contributed by atoms with E-state index in [1.54, 1.807) is 0 Å². The fourth-order valence-electron chi connectivity index (χ4n) is 3.64. The molecule has 1 heterocycles. The zero-order valence-electron chi connectivity index (χ0n) is 18.1. The Labute approximate surface area is 198 Å². The van der Waals surface area contributed by atoms with E-state index in [1.807, 2.05) is 37.4 Å². The number of halogens is 1. The van der Waals surface area contributed by atoms with Crippen molar-refractivity contribution in [2.45, 2.75) is 45.4 Å². The summed E-state index contributed by atoms with van der Waals surface area (Å²) in [5.41, 5.74) is 2.38. The lowest BCUT2D eigenvalue weighted by atomic mass is 10.1. The van der Waals surface area contributed by atoms with Gasteiger partial charge in [-0.1, -0.05) is 49.4 Å². The second kappa shape index (κ2) is 13.5. The maximum absolute atomic E-state index is 5.86. The monoisotopic (exact) mass is 522 g/mol. The molecule has 5 nitrogen and oxygen atoms in total. The molecule has 6 heteroatoms. The predicted octanol–water partition coefficient (Wildman–Crippen LogP) is 4.42. The Balaban J connectivity index is 0.00000320. The Morgan fingerprint density at radius 1 is 1.03 bits per heavy atom. The van der Waals surface area contributed by atoms with E-state index >= 15 is 0 Å². The second-order valence-corrected chi connectivity index (χ2v) is 7.60. The molecule has 1 aliphatic rings. The molecule has 0 atom stereocenters. The van der Waals surface area contributed by atoms with Gasteiger partial charge in [0.25, 0.3) is 0 Å². The molecule has 0 saturated carbocycles. The minimum Gasteiger partial charge on any atom is -0.489 e. The molecule has 30 heavy (non-hydrogen) atoms. The number of benzene rings is 2. The van der Waals surface area contributed by atoms with Crippen LogP contribution in [0.3, 0.4) is 0 Å². The zero-order chi connectivity index (χ0) is 20.3. The van der Waals surface area contributed by atoms with E-state index in [0.717, 1.165) is 18.3 Å². The van der Waals surface area contributed by atoms with E-state index in [9.17, 15) is 0 Å². The number of rotatable bonds is 8. The second-order valence-electron chi connectivity index (χ2n) is 7.60. The van der Waals surface area contributed by atoms with E-state index in [4.69, 9.17) is 4.74 Å². The van der Waals surface area contributed by atoms with E-state index in [-0.39, 0.29) is 24.0 Å². The first-order chi connectivity index (χ1) is 14.3. The first-order valence-electron chi connectivity index (χ1n) is 10.7. The van der Waals surface area contributed by atoms with Crippen LogP contribution in [0.1, 0.15) is 37.3 Å². The molecule has 1 fully saturated rings. The van der Waals surface area contributed by atoms with Gasteiger partial charge < -0.3 is 20.3 Å². The van der Waals surface area contributed by atoms with Gasteiger partial charge in [0, 0.05) is 32.7 Å². The first kappa shape index (κ1) is 24.5. The summed E-state index contributed by atoms with van der Waals surface area (Å²) in [5, 5.41) is 7.01. The van der Waals surface area contributed by atoms with Gasteiger partial charge in [-0.15, -0.1) is 24.0 Å². The average molecular weight is 522 g/mol. The van der Waals surface area contributed by atoms with E-state index in [1.165, 1.54) is 50.0 Å². The van der Waals surface area contributed by atoms with Gasteiger partial charge in [-0.25, -0.2) is 0 Å². The minimum atomic E-state index is 0. The van der Waals surface area contributed by atoms with Crippen molar-refractivity contribution < 1.29 is 4.74 Å². The zero-order valence-corrected chi connectivity index (χ0v) is 20.5. The first-order valence-corrected chi connectivity index (χ1v) is 10.7. The van der Waals surface area contributed by atoms with Crippen LogP contribution in [0.15, 0.2) is 59.6 Å². The van der Waals surface area contributed by atoms with Gasteiger partial charge in [-0.05, 0) is 49.1 Å². The van der Waals surface area contributed by atoms with Crippen LogP contribution in [0.25, 0.3) is 0 Å². The highest BCUT2D eigenvalue weighted by atomic mass is 127. The standard InChI is InChI=1S/C24H34N4O.HI/c1-3-15-28-16-13-22(14-17-28)27-24(25-2)26-18-20-9-11-23(12-10-20)29-19-21-7-5-4-6-8-21;/h4-12,22H,3,13-19H2,1-2H3,(H2,25,26,27);1H. The number of hydrogen-bond donors (Lipinski definition) is 2. The van der Waals surface area contributed by atoms with Crippen LogP contribution in [0, 0.1) is 0 Å². The summed E-state index contributed by atoms with van der Waals surface area (Å²) in [6, 6.07) is 19.0. The van der Waals surface area contributed by atoms with Crippen LogP contribution < -0.4 is 15.4 Å². The molecule has 0 aliphatic carbocycles. The van der Waals surface area contributed by atoms with Crippen LogP contribution in [0.4, 0.5) is 0 Å². The van der Waals surface area contributed by atoms with Crippen LogP contribution in [-0.2, 0) is 13.2 Å². The van der Waals surface area contributed by atoms with Crippen molar-refractivity contribution in [3.05, 3.63) is 65.7 Å². The summed E-state index contributed by atoms with van der Waals surface area (Å²) in [6.07, 6.45) is 3.58. The van der Waals surface area contributed by atoms with E-state index in [0.29, 0.717) is 12.6 Å². The number of piperidine rings is 1. The molecular formula is C24H35IN4O. The largest absolute Gasteiger partial charge is 0.489 e. The SMILES string of the molecule is CCCN1CCC(NC(=NC)NCc2ccc(OCc3ccccc3)cc2)CC1.I. The highest BCUT2D eigenvalue weighted by Gasteiger charge is 2.19. The molecule has 2 N–H and O–H groups in total. The molecule has 0 unspecified atom stereocenters.